The number of hydrogen-bond donors (Lipinski definition) is 0. The molecule has 0 saturated carbocycles. The van der Waals surface area contributed by atoms with E-state index in [9.17, 15) is 19.2 Å². The van der Waals surface area contributed by atoms with Crippen molar-refractivity contribution in [1.82, 2.24) is 0 Å². The minimum atomic E-state index is -0.708. The van der Waals surface area contributed by atoms with Crippen molar-refractivity contribution < 1.29 is 38.4 Å². The molecule has 0 saturated heterocycles. The van der Waals surface area contributed by atoms with Crippen molar-refractivity contribution in [3.63, 3.8) is 0 Å². The van der Waals surface area contributed by atoms with Crippen LogP contribution in [0.4, 0.5) is 0 Å². The number of carbonyl (C=O) groups excluding carboxylic acids is 4. The number of esters is 2. The summed E-state index contributed by atoms with van der Waals surface area (Å²) in [6.07, 6.45) is 4.10. The van der Waals surface area contributed by atoms with E-state index in [4.69, 9.17) is 0 Å². The van der Waals surface area contributed by atoms with E-state index in [0.717, 1.165) is 25.7 Å². The van der Waals surface area contributed by atoms with E-state index in [1.54, 1.807) is 60.7 Å². The first-order valence-corrected chi connectivity index (χ1v) is 11.1. The number of hydrogen-bond acceptors (Lipinski definition) is 8. The zero-order valence-electron chi connectivity index (χ0n) is 20.3. The molecular formula is C26H34O8. The van der Waals surface area contributed by atoms with Crippen LogP contribution >= 0.6 is 0 Å². The summed E-state index contributed by atoms with van der Waals surface area (Å²) in [5, 5.41) is 0. The lowest BCUT2D eigenvalue weighted by atomic mass is 10.2. The molecule has 8 heteroatoms. The van der Waals surface area contributed by atoms with E-state index in [1.165, 1.54) is 13.8 Å². The Morgan fingerprint density at radius 3 is 1.18 bits per heavy atom. The van der Waals surface area contributed by atoms with Gasteiger partial charge in [-0.2, -0.15) is 0 Å². The molecule has 0 amide bonds. The molecule has 0 aliphatic heterocycles. The summed E-state index contributed by atoms with van der Waals surface area (Å²) in [7, 11) is 0. The van der Waals surface area contributed by atoms with E-state index in [2.05, 4.69) is 33.1 Å². The summed E-state index contributed by atoms with van der Waals surface area (Å²) < 4.78 is 9.29. The molecule has 0 spiro atoms. The van der Waals surface area contributed by atoms with Crippen molar-refractivity contribution in [3.8, 4) is 0 Å². The van der Waals surface area contributed by atoms with Crippen LogP contribution in [0.15, 0.2) is 60.7 Å². The highest BCUT2D eigenvalue weighted by atomic mass is 17.2. The Bertz CT molecular complexity index is 763. The van der Waals surface area contributed by atoms with Crippen LogP contribution in [-0.4, -0.2) is 37.1 Å². The van der Waals surface area contributed by atoms with Crippen molar-refractivity contribution in [3.05, 3.63) is 71.8 Å². The summed E-state index contributed by atoms with van der Waals surface area (Å²) in [4.78, 5) is 52.1. The second-order valence-corrected chi connectivity index (χ2v) is 6.86. The van der Waals surface area contributed by atoms with Crippen molar-refractivity contribution in [2.45, 2.75) is 53.4 Å². The Hall–Kier alpha value is -3.68. The molecule has 0 radical (unpaired) electrons. The van der Waals surface area contributed by atoms with Gasteiger partial charge >= 0.3 is 23.9 Å². The SMILES string of the molecule is CCCCOC(C)=O.CCCCOC(C)=O.O=C(OOC(=O)c1ccccc1)c1ccccc1. The van der Waals surface area contributed by atoms with Gasteiger partial charge in [0.2, 0.25) is 0 Å². The molecule has 2 rings (SSSR count). The zero-order valence-corrected chi connectivity index (χ0v) is 20.3. The second-order valence-electron chi connectivity index (χ2n) is 6.86. The molecule has 8 nitrogen and oxygen atoms in total. The molecule has 0 bridgehead atoms. The van der Waals surface area contributed by atoms with Gasteiger partial charge in [0.05, 0.1) is 24.3 Å². The van der Waals surface area contributed by atoms with Crippen LogP contribution in [0, 0.1) is 0 Å². The highest BCUT2D eigenvalue weighted by molar-refractivity contribution is 5.92. The summed E-state index contributed by atoms with van der Waals surface area (Å²) in [6, 6.07) is 16.6. The molecule has 0 fully saturated rings. The number of carbonyl (C=O) groups is 4. The Balaban J connectivity index is 0.000000570. The highest BCUT2D eigenvalue weighted by Gasteiger charge is 2.13. The number of unbranched alkanes of at least 4 members (excludes halogenated alkanes) is 2. The van der Waals surface area contributed by atoms with Crippen molar-refractivity contribution in [2.75, 3.05) is 13.2 Å². The van der Waals surface area contributed by atoms with Crippen LogP contribution in [0.1, 0.15) is 74.1 Å². The van der Waals surface area contributed by atoms with Crippen LogP contribution in [0.5, 0.6) is 0 Å². The van der Waals surface area contributed by atoms with Crippen molar-refractivity contribution in [1.29, 1.82) is 0 Å². The first kappa shape index (κ1) is 30.3. The fourth-order valence-electron chi connectivity index (χ4n) is 2.04. The number of ether oxygens (including phenoxy) is 2. The maximum absolute atomic E-state index is 11.5. The summed E-state index contributed by atoms with van der Waals surface area (Å²) >= 11 is 0. The quantitative estimate of drug-likeness (QED) is 0.219. The molecule has 2 aromatic rings. The maximum Gasteiger partial charge on any atom is 0.386 e. The molecule has 0 unspecified atom stereocenters. The van der Waals surface area contributed by atoms with E-state index in [1.807, 2.05) is 0 Å². The van der Waals surface area contributed by atoms with E-state index >= 15 is 0 Å². The molecule has 0 N–H and O–H groups in total. The Kier molecular flexibility index (Phi) is 17.8. The van der Waals surface area contributed by atoms with Crippen molar-refractivity contribution >= 4 is 23.9 Å². The Labute approximate surface area is 201 Å². The summed E-state index contributed by atoms with van der Waals surface area (Å²) in [5.74, 6) is -1.78. The van der Waals surface area contributed by atoms with Gasteiger partial charge in [-0.25, -0.2) is 19.4 Å². The van der Waals surface area contributed by atoms with E-state index in [-0.39, 0.29) is 11.9 Å². The molecule has 0 aliphatic carbocycles. The standard InChI is InChI=1S/C14H10O4.2C6H12O2/c15-13(11-7-3-1-4-8-11)17-18-14(16)12-9-5-2-6-10-12;2*1-3-4-5-8-6(2)7/h1-10H;2*3-5H2,1-2H3. The Morgan fingerprint density at radius 1 is 0.588 bits per heavy atom. The molecule has 0 aromatic heterocycles. The molecule has 186 valence electrons. The topological polar surface area (TPSA) is 105 Å². The molecular weight excluding hydrogens is 440 g/mol. The lowest BCUT2D eigenvalue weighted by molar-refractivity contribution is -0.187. The van der Waals surface area contributed by atoms with Gasteiger partial charge < -0.3 is 9.47 Å². The van der Waals surface area contributed by atoms with Crippen LogP contribution in [-0.2, 0) is 28.8 Å². The third-order valence-corrected chi connectivity index (χ3v) is 3.82. The summed E-state index contributed by atoms with van der Waals surface area (Å²) in [5.41, 5.74) is 0.636. The first-order chi connectivity index (χ1) is 16.3. The van der Waals surface area contributed by atoms with Gasteiger partial charge in [-0.05, 0) is 37.1 Å². The minimum Gasteiger partial charge on any atom is -0.466 e. The van der Waals surface area contributed by atoms with Gasteiger partial charge in [-0.1, -0.05) is 63.1 Å². The zero-order chi connectivity index (χ0) is 25.6. The highest BCUT2D eigenvalue weighted by Crippen LogP contribution is 2.05. The van der Waals surface area contributed by atoms with Gasteiger partial charge in [0, 0.05) is 13.8 Å². The van der Waals surface area contributed by atoms with Gasteiger partial charge in [0.25, 0.3) is 0 Å². The Morgan fingerprint density at radius 2 is 0.912 bits per heavy atom. The lowest BCUT2D eigenvalue weighted by Gasteiger charge is -2.02. The minimum absolute atomic E-state index is 0.182. The third-order valence-electron chi connectivity index (χ3n) is 3.82. The predicted octanol–water partition coefficient (Wildman–Crippen LogP) is 5.31. The van der Waals surface area contributed by atoms with Crippen LogP contribution in [0.3, 0.4) is 0 Å². The van der Waals surface area contributed by atoms with Crippen LogP contribution in [0.2, 0.25) is 0 Å². The van der Waals surface area contributed by atoms with Gasteiger partial charge in [-0.15, -0.1) is 0 Å². The average Bonchev–Trinajstić information content (AvgIpc) is 2.84. The van der Waals surface area contributed by atoms with Gasteiger partial charge in [0.15, 0.2) is 0 Å². The normalized spacial score (nSPS) is 9.18. The smallest absolute Gasteiger partial charge is 0.386 e. The predicted molar refractivity (Wildman–Crippen MR) is 127 cm³/mol. The first-order valence-electron chi connectivity index (χ1n) is 11.1. The third kappa shape index (κ3) is 16.9. The van der Waals surface area contributed by atoms with Crippen LogP contribution in [0.25, 0.3) is 0 Å². The van der Waals surface area contributed by atoms with E-state index in [0.29, 0.717) is 24.3 Å². The number of benzene rings is 2. The molecule has 34 heavy (non-hydrogen) atoms. The fraction of sp³-hybridized carbons (Fsp3) is 0.385. The van der Waals surface area contributed by atoms with Crippen molar-refractivity contribution in [2.24, 2.45) is 0 Å². The average molecular weight is 475 g/mol. The molecule has 2 aromatic carbocycles. The lowest BCUT2D eigenvalue weighted by Crippen LogP contribution is -2.11. The monoisotopic (exact) mass is 474 g/mol. The molecule has 0 aliphatic rings. The maximum atomic E-state index is 11.5. The van der Waals surface area contributed by atoms with Crippen LogP contribution < -0.4 is 0 Å². The second kappa shape index (κ2) is 20.0. The van der Waals surface area contributed by atoms with Gasteiger partial charge in [-0.3, -0.25) is 9.59 Å². The van der Waals surface area contributed by atoms with E-state index < -0.39 is 11.9 Å². The number of rotatable bonds is 8. The summed E-state index contributed by atoms with van der Waals surface area (Å²) in [6.45, 7) is 8.12. The molecule has 0 atom stereocenters. The fourth-order valence-corrected chi connectivity index (χ4v) is 2.04. The molecule has 0 heterocycles. The largest absolute Gasteiger partial charge is 0.466 e. The van der Waals surface area contributed by atoms with Gasteiger partial charge in [0.1, 0.15) is 0 Å².